The minimum Gasteiger partial charge on any atom is -0.384 e. The van der Waals surface area contributed by atoms with E-state index in [1.165, 1.54) is 0 Å². The number of hydrogen-bond acceptors (Lipinski definition) is 5. The number of nitrogens with one attached hydrogen (secondary N) is 2. The Morgan fingerprint density at radius 1 is 1.06 bits per heavy atom. The largest absolute Gasteiger partial charge is 0.384 e. The van der Waals surface area contributed by atoms with Crippen molar-refractivity contribution >= 4 is 11.8 Å². The molecule has 1 aliphatic heterocycles. The van der Waals surface area contributed by atoms with Gasteiger partial charge in [-0.1, -0.05) is 43.3 Å². The maximum absolute atomic E-state index is 10.8. The van der Waals surface area contributed by atoms with Crippen molar-refractivity contribution in [2.45, 2.75) is 32.9 Å². The molecule has 31 heavy (non-hydrogen) atoms. The van der Waals surface area contributed by atoms with Crippen LogP contribution in [0.4, 0.5) is 5.82 Å². The standard InChI is InChI=1S/C24H36N6O/c1-4-25-23(28-19-24(3,31)21-9-7-6-8-10-21)27-18-20-11-12-22(26-17-20)30-15-13-29(5-2)14-16-30/h6-12,17,31H,4-5,13-16,18-19H2,1-3H3,(H2,25,27,28). The predicted molar refractivity (Wildman–Crippen MR) is 127 cm³/mol. The van der Waals surface area contributed by atoms with E-state index in [0.717, 1.165) is 56.2 Å². The van der Waals surface area contributed by atoms with E-state index in [-0.39, 0.29) is 0 Å². The molecule has 2 aromatic rings. The number of aliphatic hydroxyl groups is 1. The highest BCUT2D eigenvalue weighted by atomic mass is 16.3. The molecule has 0 amide bonds. The van der Waals surface area contributed by atoms with Crippen LogP contribution in [0.1, 0.15) is 31.9 Å². The molecule has 168 valence electrons. The first-order chi connectivity index (χ1) is 15.0. The van der Waals surface area contributed by atoms with Gasteiger partial charge >= 0.3 is 0 Å². The van der Waals surface area contributed by atoms with E-state index in [1.54, 1.807) is 0 Å². The number of guanidine groups is 1. The Balaban J connectivity index is 1.56. The SMILES string of the molecule is CCNC(=NCc1ccc(N2CCN(CC)CC2)nc1)NCC(C)(O)c1ccccc1. The monoisotopic (exact) mass is 424 g/mol. The molecule has 3 N–H and O–H groups in total. The number of aromatic nitrogens is 1. The zero-order valence-corrected chi connectivity index (χ0v) is 19.0. The van der Waals surface area contributed by atoms with E-state index >= 15 is 0 Å². The summed E-state index contributed by atoms with van der Waals surface area (Å²) in [5.41, 5.74) is 0.948. The van der Waals surface area contributed by atoms with E-state index < -0.39 is 5.60 Å². The first-order valence-electron chi connectivity index (χ1n) is 11.2. The van der Waals surface area contributed by atoms with Crippen molar-refractivity contribution in [3.63, 3.8) is 0 Å². The van der Waals surface area contributed by atoms with Crippen LogP contribution in [-0.2, 0) is 12.1 Å². The summed E-state index contributed by atoms with van der Waals surface area (Å²) in [7, 11) is 0. The summed E-state index contributed by atoms with van der Waals surface area (Å²) in [6.07, 6.45) is 1.91. The summed E-state index contributed by atoms with van der Waals surface area (Å²) < 4.78 is 0. The van der Waals surface area contributed by atoms with Crippen LogP contribution in [0.5, 0.6) is 0 Å². The van der Waals surface area contributed by atoms with Crippen LogP contribution in [0.3, 0.4) is 0 Å². The molecule has 0 radical (unpaired) electrons. The molecular weight excluding hydrogens is 388 g/mol. The van der Waals surface area contributed by atoms with Crippen molar-refractivity contribution in [1.82, 2.24) is 20.5 Å². The zero-order chi connectivity index (χ0) is 22.1. The lowest BCUT2D eigenvalue weighted by Gasteiger charge is -2.34. The van der Waals surface area contributed by atoms with Gasteiger partial charge in [-0.05, 0) is 37.6 Å². The molecular formula is C24H36N6O. The fraction of sp³-hybridized carbons (Fsp3) is 0.500. The van der Waals surface area contributed by atoms with Crippen molar-refractivity contribution in [1.29, 1.82) is 0 Å². The zero-order valence-electron chi connectivity index (χ0n) is 19.0. The molecule has 7 heteroatoms. The second-order valence-corrected chi connectivity index (χ2v) is 8.13. The Morgan fingerprint density at radius 3 is 2.42 bits per heavy atom. The number of anilines is 1. The van der Waals surface area contributed by atoms with Gasteiger partial charge in [0, 0.05) is 38.9 Å². The normalized spacial score (nSPS) is 17.3. The van der Waals surface area contributed by atoms with E-state index in [2.05, 4.69) is 49.5 Å². The highest BCUT2D eigenvalue weighted by molar-refractivity contribution is 5.79. The molecule has 0 saturated carbocycles. The second kappa shape index (κ2) is 11.1. The van der Waals surface area contributed by atoms with Crippen LogP contribution in [0.15, 0.2) is 53.7 Å². The molecule has 2 heterocycles. The molecule has 0 spiro atoms. The third kappa shape index (κ3) is 6.67. The maximum atomic E-state index is 10.8. The quantitative estimate of drug-likeness (QED) is 0.446. The number of piperazine rings is 1. The van der Waals surface area contributed by atoms with Crippen molar-refractivity contribution in [2.24, 2.45) is 4.99 Å². The van der Waals surface area contributed by atoms with Gasteiger partial charge in [-0.15, -0.1) is 0 Å². The van der Waals surface area contributed by atoms with E-state index in [0.29, 0.717) is 19.0 Å². The molecule has 1 aliphatic rings. The minimum atomic E-state index is -0.984. The highest BCUT2D eigenvalue weighted by Gasteiger charge is 2.23. The summed E-state index contributed by atoms with van der Waals surface area (Å²) in [5.74, 6) is 1.71. The van der Waals surface area contributed by atoms with Crippen molar-refractivity contribution in [3.8, 4) is 0 Å². The van der Waals surface area contributed by atoms with Crippen LogP contribution >= 0.6 is 0 Å². The Labute approximate surface area is 186 Å². The van der Waals surface area contributed by atoms with E-state index in [9.17, 15) is 5.11 Å². The van der Waals surface area contributed by atoms with Crippen molar-refractivity contribution in [2.75, 3.05) is 50.7 Å². The molecule has 0 aliphatic carbocycles. The highest BCUT2D eigenvalue weighted by Crippen LogP contribution is 2.19. The minimum absolute atomic E-state index is 0.365. The Kier molecular flexibility index (Phi) is 8.26. The third-order valence-electron chi connectivity index (χ3n) is 5.71. The molecule has 0 bridgehead atoms. The van der Waals surface area contributed by atoms with Gasteiger partial charge in [0.2, 0.25) is 0 Å². The topological polar surface area (TPSA) is 76.0 Å². The summed E-state index contributed by atoms with van der Waals surface area (Å²) in [5, 5.41) is 17.3. The van der Waals surface area contributed by atoms with Crippen LogP contribution in [0.25, 0.3) is 0 Å². The first kappa shape index (κ1) is 23.0. The molecule has 1 aromatic heterocycles. The van der Waals surface area contributed by atoms with Gasteiger partial charge in [-0.3, -0.25) is 0 Å². The molecule has 1 aromatic carbocycles. The summed E-state index contributed by atoms with van der Waals surface area (Å²) in [6, 6.07) is 13.9. The van der Waals surface area contributed by atoms with Crippen LogP contribution in [0.2, 0.25) is 0 Å². The summed E-state index contributed by atoms with van der Waals surface area (Å²) in [4.78, 5) is 14.1. The van der Waals surface area contributed by atoms with E-state index in [1.807, 2.05) is 50.4 Å². The predicted octanol–water partition coefficient (Wildman–Crippen LogP) is 2.19. The van der Waals surface area contributed by atoms with Gasteiger partial charge in [0.25, 0.3) is 0 Å². The third-order valence-corrected chi connectivity index (χ3v) is 5.71. The Bertz CT molecular complexity index is 814. The van der Waals surface area contributed by atoms with Gasteiger partial charge in [-0.25, -0.2) is 9.98 Å². The molecule has 1 atom stereocenters. The number of benzene rings is 1. The van der Waals surface area contributed by atoms with Crippen LogP contribution in [0, 0.1) is 0 Å². The lowest BCUT2D eigenvalue weighted by atomic mass is 9.96. The molecule has 1 saturated heterocycles. The molecule has 7 nitrogen and oxygen atoms in total. The fourth-order valence-corrected chi connectivity index (χ4v) is 3.66. The molecule has 1 fully saturated rings. The summed E-state index contributed by atoms with van der Waals surface area (Å²) >= 11 is 0. The van der Waals surface area contributed by atoms with Gasteiger partial charge in [0.05, 0.1) is 13.1 Å². The number of rotatable bonds is 8. The van der Waals surface area contributed by atoms with Gasteiger partial charge in [0.15, 0.2) is 5.96 Å². The van der Waals surface area contributed by atoms with Crippen molar-refractivity contribution < 1.29 is 5.11 Å². The van der Waals surface area contributed by atoms with Crippen molar-refractivity contribution in [3.05, 3.63) is 59.8 Å². The molecule has 3 rings (SSSR count). The second-order valence-electron chi connectivity index (χ2n) is 8.13. The average Bonchev–Trinajstić information content (AvgIpc) is 2.82. The number of nitrogens with zero attached hydrogens (tertiary/aromatic N) is 4. The van der Waals surface area contributed by atoms with Gasteiger partial charge < -0.3 is 25.5 Å². The maximum Gasteiger partial charge on any atom is 0.191 e. The van der Waals surface area contributed by atoms with Gasteiger partial charge in [-0.2, -0.15) is 0 Å². The Hall–Kier alpha value is -2.64. The average molecular weight is 425 g/mol. The van der Waals surface area contributed by atoms with Crippen LogP contribution in [-0.4, -0.2) is 66.8 Å². The number of likely N-dealkylation sites (N-methyl/N-ethyl adjacent to an activating group) is 1. The smallest absolute Gasteiger partial charge is 0.191 e. The lowest BCUT2D eigenvalue weighted by molar-refractivity contribution is 0.0617. The lowest BCUT2D eigenvalue weighted by Crippen LogP contribution is -2.46. The number of aliphatic imine (C=N–C) groups is 1. The molecule has 1 unspecified atom stereocenters. The Morgan fingerprint density at radius 2 is 1.81 bits per heavy atom. The van der Waals surface area contributed by atoms with E-state index in [4.69, 9.17) is 0 Å². The summed E-state index contributed by atoms with van der Waals surface area (Å²) in [6.45, 7) is 13.0. The van der Waals surface area contributed by atoms with Gasteiger partial charge in [0.1, 0.15) is 11.4 Å². The fourth-order valence-electron chi connectivity index (χ4n) is 3.66. The van der Waals surface area contributed by atoms with Crippen LogP contribution < -0.4 is 15.5 Å². The number of hydrogen-bond donors (Lipinski definition) is 3. The first-order valence-corrected chi connectivity index (χ1v) is 11.2. The number of pyridine rings is 1.